The maximum Gasteiger partial charge on any atom is 0.416 e. The lowest BCUT2D eigenvalue weighted by Crippen LogP contribution is -2.13. The van der Waals surface area contributed by atoms with Crippen LogP contribution in [0.1, 0.15) is 22.9 Å². The first-order chi connectivity index (χ1) is 8.47. The summed E-state index contributed by atoms with van der Waals surface area (Å²) in [5, 5.41) is 0. The lowest BCUT2D eigenvalue weighted by molar-refractivity contribution is -0.137. The molecule has 0 radical (unpaired) electrons. The van der Waals surface area contributed by atoms with Crippen molar-refractivity contribution in [3.63, 3.8) is 0 Å². The van der Waals surface area contributed by atoms with E-state index in [0.717, 1.165) is 12.1 Å². The van der Waals surface area contributed by atoms with Gasteiger partial charge in [0.1, 0.15) is 5.76 Å². The number of halogens is 3. The molecular formula is C13H12F3NO. The van der Waals surface area contributed by atoms with Crippen molar-refractivity contribution in [1.29, 1.82) is 0 Å². The second-order valence-corrected chi connectivity index (χ2v) is 4.02. The molecule has 2 aromatic rings. The van der Waals surface area contributed by atoms with Crippen molar-refractivity contribution in [1.82, 2.24) is 0 Å². The topological polar surface area (TPSA) is 39.2 Å². The van der Waals surface area contributed by atoms with Gasteiger partial charge in [0.15, 0.2) is 0 Å². The summed E-state index contributed by atoms with van der Waals surface area (Å²) in [5.41, 5.74) is 5.73. The molecule has 1 heterocycles. The molecule has 1 aromatic heterocycles. The molecule has 0 aliphatic rings. The summed E-state index contributed by atoms with van der Waals surface area (Å²) in [6.45, 7) is 0. The zero-order chi connectivity index (χ0) is 13.2. The van der Waals surface area contributed by atoms with Crippen molar-refractivity contribution in [2.45, 2.75) is 18.6 Å². The van der Waals surface area contributed by atoms with Gasteiger partial charge in [-0.15, -0.1) is 0 Å². The number of benzene rings is 1. The molecule has 1 aromatic carbocycles. The predicted molar refractivity (Wildman–Crippen MR) is 60.8 cm³/mol. The van der Waals surface area contributed by atoms with Gasteiger partial charge in [-0.2, -0.15) is 13.2 Å². The zero-order valence-corrected chi connectivity index (χ0v) is 9.45. The molecule has 5 heteroatoms. The third-order valence-electron chi connectivity index (χ3n) is 2.62. The molecule has 96 valence electrons. The molecule has 0 saturated heterocycles. The highest BCUT2D eigenvalue weighted by molar-refractivity contribution is 5.27. The van der Waals surface area contributed by atoms with Gasteiger partial charge in [0, 0.05) is 0 Å². The van der Waals surface area contributed by atoms with Crippen LogP contribution in [0.5, 0.6) is 0 Å². The fraction of sp³-hybridized carbons (Fsp3) is 0.231. The average molecular weight is 255 g/mol. The number of furan rings is 1. The molecule has 0 amide bonds. The largest absolute Gasteiger partial charge is 0.468 e. The maximum absolute atomic E-state index is 12.5. The minimum atomic E-state index is -4.33. The molecule has 2 nitrogen and oxygen atoms in total. The first-order valence-corrected chi connectivity index (χ1v) is 5.42. The third-order valence-corrected chi connectivity index (χ3v) is 2.62. The predicted octanol–water partition coefficient (Wildman–Crippen LogP) is 3.54. The van der Waals surface area contributed by atoms with E-state index in [1.807, 2.05) is 0 Å². The third kappa shape index (κ3) is 2.92. The molecule has 0 fully saturated rings. The summed E-state index contributed by atoms with van der Waals surface area (Å²) in [5.74, 6) is 0.562. The molecular weight excluding hydrogens is 243 g/mol. The van der Waals surface area contributed by atoms with Crippen LogP contribution in [0.25, 0.3) is 0 Å². The molecule has 1 atom stereocenters. The van der Waals surface area contributed by atoms with Crippen molar-refractivity contribution >= 4 is 0 Å². The lowest BCUT2D eigenvalue weighted by atomic mass is 10.0. The van der Waals surface area contributed by atoms with Gasteiger partial charge >= 0.3 is 6.18 Å². The van der Waals surface area contributed by atoms with E-state index in [9.17, 15) is 13.2 Å². The second-order valence-electron chi connectivity index (χ2n) is 4.02. The summed E-state index contributed by atoms with van der Waals surface area (Å²) in [4.78, 5) is 0. The average Bonchev–Trinajstić information content (AvgIpc) is 2.81. The van der Waals surface area contributed by atoms with Crippen molar-refractivity contribution in [3.8, 4) is 0 Å². The van der Waals surface area contributed by atoms with Crippen LogP contribution in [0, 0.1) is 0 Å². The fourth-order valence-electron chi connectivity index (χ4n) is 1.73. The monoisotopic (exact) mass is 255 g/mol. The summed E-state index contributed by atoms with van der Waals surface area (Å²) in [7, 11) is 0. The van der Waals surface area contributed by atoms with Crippen molar-refractivity contribution < 1.29 is 17.6 Å². The summed E-state index contributed by atoms with van der Waals surface area (Å²) < 4.78 is 42.7. The van der Waals surface area contributed by atoms with Gasteiger partial charge < -0.3 is 10.2 Å². The summed E-state index contributed by atoms with van der Waals surface area (Å²) in [6, 6.07) is 8.12. The Kier molecular flexibility index (Phi) is 3.43. The standard InChI is InChI=1S/C13H12F3NO/c14-13(15,16)10-4-1-3-9(7-10)8-11(17)12-5-2-6-18-12/h1-7,11H,8,17H2. The Balaban J connectivity index is 2.15. The fourth-order valence-corrected chi connectivity index (χ4v) is 1.73. The normalized spacial score (nSPS) is 13.6. The highest BCUT2D eigenvalue weighted by atomic mass is 19.4. The van der Waals surface area contributed by atoms with E-state index in [1.165, 1.54) is 12.3 Å². The maximum atomic E-state index is 12.5. The molecule has 1 unspecified atom stereocenters. The van der Waals surface area contributed by atoms with E-state index in [4.69, 9.17) is 10.2 Å². The van der Waals surface area contributed by atoms with Crippen LogP contribution in [0.15, 0.2) is 47.1 Å². The van der Waals surface area contributed by atoms with Gasteiger partial charge in [-0.05, 0) is 30.2 Å². The molecule has 0 spiro atoms. The Morgan fingerprint density at radius 2 is 1.94 bits per heavy atom. The SMILES string of the molecule is NC(Cc1cccc(C(F)(F)F)c1)c1ccco1. The minimum Gasteiger partial charge on any atom is -0.468 e. The molecule has 0 aliphatic carbocycles. The van der Waals surface area contributed by atoms with E-state index >= 15 is 0 Å². The van der Waals surface area contributed by atoms with Crippen molar-refractivity contribution in [2.24, 2.45) is 5.73 Å². The number of rotatable bonds is 3. The van der Waals surface area contributed by atoms with E-state index < -0.39 is 17.8 Å². The van der Waals surface area contributed by atoms with Gasteiger partial charge in [-0.25, -0.2) is 0 Å². The van der Waals surface area contributed by atoms with Crippen molar-refractivity contribution in [2.75, 3.05) is 0 Å². The van der Waals surface area contributed by atoms with Crippen LogP contribution < -0.4 is 5.73 Å². The molecule has 0 saturated carbocycles. The first kappa shape index (κ1) is 12.7. The number of hydrogen-bond donors (Lipinski definition) is 1. The zero-order valence-electron chi connectivity index (χ0n) is 9.45. The number of hydrogen-bond acceptors (Lipinski definition) is 2. The number of nitrogens with two attached hydrogens (primary N) is 1. The van der Waals surface area contributed by atoms with E-state index in [2.05, 4.69) is 0 Å². The smallest absolute Gasteiger partial charge is 0.416 e. The Labute approximate surface area is 102 Å². The molecule has 2 rings (SSSR count). The quantitative estimate of drug-likeness (QED) is 0.911. The Hall–Kier alpha value is -1.75. The second kappa shape index (κ2) is 4.86. The lowest BCUT2D eigenvalue weighted by Gasteiger charge is -2.11. The highest BCUT2D eigenvalue weighted by Gasteiger charge is 2.30. The minimum absolute atomic E-state index is 0.303. The Morgan fingerprint density at radius 3 is 2.56 bits per heavy atom. The van der Waals surface area contributed by atoms with Crippen LogP contribution in [0.3, 0.4) is 0 Å². The van der Waals surface area contributed by atoms with Gasteiger partial charge in [0.2, 0.25) is 0 Å². The van der Waals surface area contributed by atoms with Crippen LogP contribution in [-0.4, -0.2) is 0 Å². The van der Waals surface area contributed by atoms with Gasteiger partial charge in [-0.3, -0.25) is 0 Å². The van der Waals surface area contributed by atoms with Crippen LogP contribution in [0.2, 0.25) is 0 Å². The van der Waals surface area contributed by atoms with Gasteiger partial charge in [0.05, 0.1) is 17.9 Å². The molecule has 18 heavy (non-hydrogen) atoms. The Bertz CT molecular complexity index is 505. The molecule has 0 aliphatic heterocycles. The first-order valence-electron chi connectivity index (χ1n) is 5.42. The summed E-state index contributed by atoms with van der Waals surface area (Å²) >= 11 is 0. The van der Waals surface area contributed by atoms with Crippen LogP contribution in [-0.2, 0) is 12.6 Å². The summed E-state index contributed by atoms with van der Waals surface area (Å²) in [6.07, 6.45) is -2.54. The molecule has 0 bridgehead atoms. The van der Waals surface area contributed by atoms with Crippen LogP contribution in [0.4, 0.5) is 13.2 Å². The van der Waals surface area contributed by atoms with Gasteiger partial charge in [0.25, 0.3) is 0 Å². The highest BCUT2D eigenvalue weighted by Crippen LogP contribution is 2.30. The van der Waals surface area contributed by atoms with Crippen molar-refractivity contribution in [3.05, 3.63) is 59.5 Å². The van der Waals surface area contributed by atoms with E-state index in [-0.39, 0.29) is 0 Å². The number of alkyl halides is 3. The van der Waals surface area contributed by atoms with E-state index in [1.54, 1.807) is 18.2 Å². The molecule has 2 N–H and O–H groups in total. The van der Waals surface area contributed by atoms with Gasteiger partial charge in [-0.1, -0.05) is 18.2 Å². The van der Waals surface area contributed by atoms with Crippen LogP contribution >= 0.6 is 0 Å². The van der Waals surface area contributed by atoms with E-state index in [0.29, 0.717) is 17.7 Å². The Morgan fingerprint density at radius 1 is 1.17 bits per heavy atom.